The average molecular weight is 229 g/mol. The van der Waals surface area contributed by atoms with Crippen molar-refractivity contribution in [3.05, 3.63) is 28.1 Å². The number of nitrogens with one attached hydrogen (secondary N) is 1. The van der Waals surface area contributed by atoms with Gasteiger partial charge in [-0.2, -0.15) is 0 Å². The number of halogens is 1. The van der Waals surface area contributed by atoms with Crippen molar-refractivity contribution in [3.63, 3.8) is 0 Å². The lowest BCUT2D eigenvalue weighted by Crippen LogP contribution is -2.16. The van der Waals surface area contributed by atoms with Crippen LogP contribution in [0.5, 0.6) is 0 Å². The van der Waals surface area contributed by atoms with Gasteiger partial charge in [0.05, 0.1) is 16.7 Å². The molecule has 1 atom stereocenters. The second-order valence-corrected chi connectivity index (χ2v) is 3.38. The molecule has 0 radical (unpaired) electrons. The van der Waals surface area contributed by atoms with Crippen LogP contribution in [0.3, 0.4) is 0 Å². The summed E-state index contributed by atoms with van der Waals surface area (Å²) in [6, 6.07) is 1.88. The quantitative estimate of drug-likeness (QED) is 0.408. The molecule has 88 valence electrons. The van der Waals surface area contributed by atoms with E-state index in [0.29, 0.717) is 0 Å². The Morgan fingerprint density at radius 2 is 2.31 bits per heavy atom. The third-order valence-corrected chi connectivity index (χ3v) is 1.90. The van der Waals surface area contributed by atoms with Gasteiger partial charge in [0, 0.05) is 18.7 Å². The van der Waals surface area contributed by atoms with Crippen molar-refractivity contribution in [2.24, 2.45) is 0 Å². The second-order valence-electron chi connectivity index (χ2n) is 3.38. The predicted molar refractivity (Wildman–Crippen MR) is 57.6 cm³/mol. The van der Waals surface area contributed by atoms with Gasteiger partial charge in [0.25, 0.3) is 5.69 Å². The maximum absolute atomic E-state index is 13.3. The molecule has 0 aliphatic carbocycles. The standard InChI is InChI=1S/C9H12FN3O3/c1-5(14)4-12-8-3-9(13(15)16)7(11)2-6(8)10/h2-3,5,12,14H,4,11H2,1H3. The first kappa shape index (κ1) is 12.2. The zero-order valence-electron chi connectivity index (χ0n) is 8.61. The molecule has 7 heteroatoms. The molecule has 0 spiro atoms. The Kier molecular flexibility index (Phi) is 3.62. The summed E-state index contributed by atoms with van der Waals surface area (Å²) in [5.74, 6) is -0.691. The summed E-state index contributed by atoms with van der Waals surface area (Å²) in [5.41, 5.74) is 4.64. The van der Waals surface area contributed by atoms with E-state index in [1.54, 1.807) is 0 Å². The number of nitrogens with two attached hydrogens (primary N) is 1. The highest BCUT2D eigenvalue weighted by Gasteiger charge is 2.16. The first-order valence-corrected chi connectivity index (χ1v) is 4.57. The van der Waals surface area contributed by atoms with E-state index in [1.165, 1.54) is 6.92 Å². The number of nitrogens with zero attached hydrogens (tertiary/aromatic N) is 1. The van der Waals surface area contributed by atoms with Crippen molar-refractivity contribution >= 4 is 17.1 Å². The summed E-state index contributed by atoms with van der Waals surface area (Å²) in [7, 11) is 0. The molecule has 4 N–H and O–H groups in total. The molecule has 0 heterocycles. The highest BCUT2D eigenvalue weighted by atomic mass is 19.1. The van der Waals surface area contributed by atoms with Gasteiger partial charge in [0.2, 0.25) is 0 Å². The molecule has 0 saturated heterocycles. The van der Waals surface area contributed by atoms with Gasteiger partial charge in [-0.25, -0.2) is 4.39 Å². The van der Waals surface area contributed by atoms with E-state index in [2.05, 4.69) is 5.32 Å². The van der Waals surface area contributed by atoms with Gasteiger partial charge >= 0.3 is 0 Å². The number of nitro benzene ring substituents is 1. The summed E-state index contributed by atoms with van der Waals surface area (Å²) < 4.78 is 13.3. The Bertz CT molecular complexity index is 409. The molecule has 0 saturated carbocycles. The first-order valence-electron chi connectivity index (χ1n) is 4.57. The van der Waals surface area contributed by atoms with Crippen LogP contribution < -0.4 is 11.1 Å². The molecule has 0 bridgehead atoms. The van der Waals surface area contributed by atoms with Crippen LogP contribution in [0.25, 0.3) is 0 Å². The highest BCUT2D eigenvalue weighted by molar-refractivity contribution is 5.66. The maximum Gasteiger partial charge on any atom is 0.294 e. The molecule has 0 amide bonds. The number of benzene rings is 1. The summed E-state index contributed by atoms with van der Waals surface area (Å²) in [4.78, 5) is 9.86. The number of hydrogen-bond acceptors (Lipinski definition) is 5. The number of aliphatic hydroxyl groups is 1. The van der Waals surface area contributed by atoms with Crippen molar-refractivity contribution in [3.8, 4) is 0 Å². The molecule has 1 unspecified atom stereocenters. The topological polar surface area (TPSA) is 101 Å². The summed E-state index contributed by atoms with van der Waals surface area (Å²) in [6.07, 6.45) is -0.684. The molecule has 16 heavy (non-hydrogen) atoms. The van der Waals surface area contributed by atoms with E-state index in [-0.39, 0.29) is 23.6 Å². The zero-order valence-corrected chi connectivity index (χ0v) is 8.61. The molecular weight excluding hydrogens is 217 g/mol. The van der Waals surface area contributed by atoms with E-state index < -0.39 is 16.8 Å². The van der Waals surface area contributed by atoms with Gasteiger partial charge in [0.15, 0.2) is 0 Å². The fraction of sp³-hybridized carbons (Fsp3) is 0.333. The lowest BCUT2D eigenvalue weighted by Gasteiger charge is -2.09. The average Bonchev–Trinajstić information content (AvgIpc) is 2.15. The minimum absolute atomic E-state index is 0.0539. The van der Waals surface area contributed by atoms with Gasteiger partial charge < -0.3 is 16.2 Å². The number of nitro groups is 1. The van der Waals surface area contributed by atoms with Crippen molar-refractivity contribution in [1.29, 1.82) is 0 Å². The number of hydrogen-bond donors (Lipinski definition) is 3. The molecule has 1 rings (SSSR count). The maximum atomic E-state index is 13.3. The third-order valence-electron chi connectivity index (χ3n) is 1.90. The lowest BCUT2D eigenvalue weighted by atomic mass is 10.2. The van der Waals surface area contributed by atoms with E-state index >= 15 is 0 Å². The van der Waals surface area contributed by atoms with Crippen LogP contribution in [0.1, 0.15) is 6.92 Å². The highest BCUT2D eigenvalue weighted by Crippen LogP contribution is 2.27. The van der Waals surface area contributed by atoms with Crippen molar-refractivity contribution in [1.82, 2.24) is 0 Å². The molecule has 6 nitrogen and oxygen atoms in total. The summed E-state index contributed by atoms with van der Waals surface area (Å²) >= 11 is 0. The summed E-state index contributed by atoms with van der Waals surface area (Å²) in [5, 5.41) is 22.1. The van der Waals surface area contributed by atoms with E-state index in [4.69, 9.17) is 10.8 Å². The molecule has 0 fully saturated rings. The SMILES string of the molecule is CC(O)CNc1cc([N+](=O)[O-])c(N)cc1F. The van der Waals surface area contributed by atoms with Crippen molar-refractivity contribution < 1.29 is 14.4 Å². The Morgan fingerprint density at radius 3 is 2.81 bits per heavy atom. The Hall–Kier alpha value is -1.89. The molecular formula is C9H12FN3O3. The van der Waals surface area contributed by atoms with Gasteiger partial charge in [-0.1, -0.05) is 0 Å². The van der Waals surface area contributed by atoms with Gasteiger partial charge in [-0.05, 0) is 6.92 Å². The third kappa shape index (κ3) is 2.80. The zero-order chi connectivity index (χ0) is 12.3. The van der Waals surface area contributed by atoms with Crippen LogP contribution in [0.4, 0.5) is 21.5 Å². The van der Waals surface area contributed by atoms with Gasteiger partial charge in [0.1, 0.15) is 11.5 Å². The van der Waals surface area contributed by atoms with Crippen LogP contribution in [-0.4, -0.2) is 22.7 Å². The summed E-state index contributed by atoms with van der Waals surface area (Å²) in [6.45, 7) is 1.61. The number of nitrogen functional groups attached to an aromatic ring is 1. The predicted octanol–water partition coefficient (Wildman–Crippen LogP) is 1.11. The van der Waals surface area contributed by atoms with Gasteiger partial charge in [-0.15, -0.1) is 0 Å². The lowest BCUT2D eigenvalue weighted by molar-refractivity contribution is -0.383. The van der Waals surface area contributed by atoms with Crippen LogP contribution in [-0.2, 0) is 0 Å². The van der Waals surface area contributed by atoms with E-state index in [9.17, 15) is 14.5 Å². The Morgan fingerprint density at radius 1 is 1.69 bits per heavy atom. The first-order chi connectivity index (χ1) is 7.41. The van der Waals surface area contributed by atoms with Crippen molar-refractivity contribution in [2.45, 2.75) is 13.0 Å². The van der Waals surface area contributed by atoms with Gasteiger partial charge in [-0.3, -0.25) is 10.1 Å². The van der Waals surface area contributed by atoms with Crippen LogP contribution in [0, 0.1) is 15.9 Å². The van der Waals surface area contributed by atoms with Crippen LogP contribution in [0.2, 0.25) is 0 Å². The van der Waals surface area contributed by atoms with Crippen molar-refractivity contribution in [2.75, 3.05) is 17.6 Å². The second kappa shape index (κ2) is 4.75. The van der Waals surface area contributed by atoms with Crippen LogP contribution >= 0.6 is 0 Å². The minimum Gasteiger partial charge on any atom is -0.393 e. The monoisotopic (exact) mass is 229 g/mol. The fourth-order valence-electron chi connectivity index (χ4n) is 1.13. The number of anilines is 2. The number of rotatable bonds is 4. The van der Waals surface area contributed by atoms with Crippen LogP contribution in [0.15, 0.2) is 12.1 Å². The molecule has 0 aliphatic rings. The molecule has 0 aromatic heterocycles. The normalized spacial score (nSPS) is 12.2. The smallest absolute Gasteiger partial charge is 0.294 e. The van der Waals surface area contributed by atoms with E-state index in [0.717, 1.165) is 12.1 Å². The fourth-order valence-corrected chi connectivity index (χ4v) is 1.13. The molecule has 1 aromatic rings. The Balaban J connectivity index is 3.00. The minimum atomic E-state index is -0.692. The molecule has 1 aromatic carbocycles. The largest absolute Gasteiger partial charge is 0.393 e. The molecule has 0 aliphatic heterocycles. The van der Waals surface area contributed by atoms with E-state index in [1.807, 2.05) is 0 Å². The Labute approximate surface area is 91.0 Å². The number of aliphatic hydroxyl groups excluding tert-OH is 1.